The van der Waals surface area contributed by atoms with Gasteiger partial charge in [-0.2, -0.15) is 0 Å². The highest BCUT2D eigenvalue weighted by molar-refractivity contribution is 9.10. The first-order valence-electron chi connectivity index (χ1n) is 2.92. The van der Waals surface area contributed by atoms with Crippen LogP contribution in [-0.4, -0.2) is 4.51 Å². The number of ether oxygens (including phenoxy) is 1. The third-order valence-electron chi connectivity index (χ3n) is 1.08. The molecule has 0 N–H and O–H groups in total. The molecule has 1 aromatic rings. The summed E-state index contributed by atoms with van der Waals surface area (Å²) in [6.45, 7) is 0. The Bertz CT molecular complexity index is 318. The molecule has 64 valence electrons. The van der Waals surface area contributed by atoms with Gasteiger partial charge in [0.15, 0.2) is 0 Å². The van der Waals surface area contributed by atoms with Crippen LogP contribution in [0.5, 0.6) is 5.75 Å². The Morgan fingerprint density at radius 1 is 1.58 bits per heavy atom. The molecule has 0 aliphatic rings. The van der Waals surface area contributed by atoms with Crippen molar-refractivity contribution in [2.45, 2.75) is 0 Å². The first-order valence-corrected chi connectivity index (χ1v) is 4.50. The zero-order valence-corrected chi connectivity index (χ0v) is 8.84. The molecule has 12 heavy (non-hydrogen) atoms. The molecule has 0 radical (unpaired) electrons. The number of benzene rings is 1. The fourth-order valence-corrected chi connectivity index (χ4v) is 1.25. The Morgan fingerprint density at radius 2 is 2.25 bits per heavy atom. The summed E-state index contributed by atoms with van der Waals surface area (Å²) in [7, 11) is 0. The van der Waals surface area contributed by atoms with E-state index in [1.165, 1.54) is 18.2 Å². The van der Waals surface area contributed by atoms with Crippen molar-refractivity contribution >= 4 is 44.3 Å². The van der Waals surface area contributed by atoms with Crippen molar-refractivity contribution in [1.82, 2.24) is 0 Å². The average Bonchev–Trinajstić information content (AvgIpc) is 1.94. The molecule has 0 saturated carbocycles. The van der Waals surface area contributed by atoms with Gasteiger partial charge >= 0.3 is 0 Å². The van der Waals surface area contributed by atoms with Crippen molar-refractivity contribution in [3.05, 3.63) is 28.5 Å². The van der Waals surface area contributed by atoms with Crippen molar-refractivity contribution in [2.24, 2.45) is 0 Å². The minimum absolute atomic E-state index is 0.123. The lowest BCUT2D eigenvalue weighted by molar-refractivity contribution is 0.565. The Kier molecular flexibility index (Phi) is 3.43. The Morgan fingerprint density at radius 3 is 2.75 bits per heavy atom. The van der Waals surface area contributed by atoms with E-state index in [-0.39, 0.29) is 10.3 Å². The smallest absolute Gasteiger partial charge is 0.260 e. The molecule has 1 aromatic carbocycles. The molecule has 0 atom stereocenters. The summed E-state index contributed by atoms with van der Waals surface area (Å²) in [5.74, 6) is 0.0473. The van der Waals surface area contributed by atoms with Crippen molar-refractivity contribution < 1.29 is 9.13 Å². The Balaban J connectivity index is 2.93. The number of hydrogen-bond donors (Lipinski definition) is 0. The average molecular weight is 270 g/mol. The molecule has 1 rings (SSSR count). The van der Waals surface area contributed by atoms with Crippen LogP contribution < -0.4 is 4.74 Å². The maximum Gasteiger partial charge on any atom is 0.260 e. The van der Waals surface area contributed by atoms with E-state index in [4.69, 9.17) is 16.3 Å². The molecule has 0 heterocycles. The third kappa shape index (κ3) is 2.69. The lowest BCUT2D eigenvalue weighted by atomic mass is 10.3. The van der Waals surface area contributed by atoms with E-state index in [2.05, 4.69) is 28.1 Å². The second-order valence-electron chi connectivity index (χ2n) is 1.91. The number of hydrogen-bond acceptors (Lipinski definition) is 2. The third-order valence-corrected chi connectivity index (χ3v) is 1.86. The molecule has 0 amide bonds. The first-order chi connectivity index (χ1) is 5.59. The van der Waals surface area contributed by atoms with Crippen LogP contribution in [0.15, 0.2) is 22.7 Å². The van der Waals surface area contributed by atoms with Crippen LogP contribution in [0.4, 0.5) is 4.39 Å². The van der Waals surface area contributed by atoms with Crippen LogP contribution in [-0.2, 0) is 0 Å². The fraction of sp³-hybridized carbons (Fsp3) is 0. The van der Waals surface area contributed by atoms with Gasteiger partial charge in [-0.3, -0.25) is 0 Å². The highest BCUT2D eigenvalue weighted by Crippen LogP contribution is 2.25. The van der Waals surface area contributed by atoms with Gasteiger partial charge in [0.1, 0.15) is 11.6 Å². The molecule has 0 fully saturated rings. The molecule has 0 saturated heterocycles. The van der Waals surface area contributed by atoms with Crippen LogP contribution in [0.1, 0.15) is 0 Å². The molecular formula is C7H3BrClFOS. The second kappa shape index (κ2) is 4.16. The molecule has 0 unspecified atom stereocenters. The van der Waals surface area contributed by atoms with Crippen molar-refractivity contribution in [1.29, 1.82) is 0 Å². The van der Waals surface area contributed by atoms with E-state index in [9.17, 15) is 4.39 Å². The van der Waals surface area contributed by atoms with E-state index in [1.807, 2.05) is 0 Å². The molecule has 0 aliphatic heterocycles. The van der Waals surface area contributed by atoms with E-state index in [0.717, 1.165) is 0 Å². The summed E-state index contributed by atoms with van der Waals surface area (Å²) in [5.41, 5.74) is 0. The molecule has 0 aromatic heterocycles. The molecule has 0 aliphatic carbocycles. The minimum Gasteiger partial charge on any atom is -0.435 e. The Labute approximate surface area is 87.6 Å². The van der Waals surface area contributed by atoms with Gasteiger partial charge in [0.2, 0.25) is 0 Å². The lowest BCUT2D eigenvalue weighted by Gasteiger charge is -2.03. The van der Waals surface area contributed by atoms with Crippen LogP contribution >= 0.6 is 39.7 Å². The van der Waals surface area contributed by atoms with Gasteiger partial charge in [0, 0.05) is 0 Å². The van der Waals surface area contributed by atoms with E-state index in [0.29, 0.717) is 10.2 Å². The maximum absolute atomic E-state index is 12.5. The predicted octanol–water partition coefficient (Wildman–Crippen LogP) is 3.49. The van der Waals surface area contributed by atoms with Gasteiger partial charge in [-0.15, -0.1) is 0 Å². The fourth-order valence-electron chi connectivity index (χ4n) is 0.644. The van der Waals surface area contributed by atoms with Crippen LogP contribution in [0, 0.1) is 5.82 Å². The second-order valence-corrected chi connectivity index (χ2v) is 3.71. The summed E-state index contributed by atoms with van der Waals surface area (Å²) < 4.78 is 17.8. The van der Waals surface area contributed by atoms with Gasteiger partial charge in [0.25, 0.3) is 4.51 Å². The van der Waals surface area contributed by atoms with E-state index < -0.39 is 0 Å². The molecular weight excluding hydrogens is 266 g/mol. The number of thiocarbonyl (C=S) groups is 1. The van der Waals surface area contributed by atoms with Crippen LogP contribution in [0.2, 0.25) is 0 Å². The van der Waals surface area contributed by atoms with Gasteiger partial charge in [-0.1, -0.05) is 0 Å². The zero-order valence-electron chi connectivity index (χ0n) is 5.68. The topological polar surface area (TPSA) is 9.23 Å². The quantitative estimate of drug-likeness (QED) is 0.570. The van der Waals surface area contributed by atoms with E-state index in [1.54, 1.807) is 0 Å². The highest BCUT2D eigenvalue weighted by Gasteiger charge is 2.03. The molecule has 0 spiro atoms. The molecule has 5 heteroatoms. The molecule has 1 nitrogen and oxygen atoms in total. The van der Waals surface area contributed by atoms with Gasteiger partial charge in [-0.05, 0) is 57.9 Å². The van der Waals surface area contributed by atoms with E-state index >= 15 is 0 Å². The standard InChI is InChI=1S/C7H3BrClFOS/c8-5-3-4(10)1-2-6(5)11-7(9)12/h1-3H. The summed E-state index contributed by atoms with van der Waals surface area (Å²) >= 11 is 12.9. The predicted molar refractivity (Wildman–Crippen MR) is 53.2 cm³/mol. The van der Waals surface area contributed by atoms with Crippen molar-refractivity contribution in [3.63, 3.8) is 0 Å². The maximum atomic E-state index is 12.5. The minimum atomic E-state index is -0.352. The number of rotatable bonds is 1. The first kappa shape index (κ1) is 9.89. The summed E-state index contributed by atoms with van der Waals surface area (Å²) in [5, 5.41) is 0. The van der Waals surface area contributed by atoms with Crippen molar-refractivity contribution in [3.8, 4) is 5.75 Å². The SMILES string of the molecule is Fc1ccc(OC(=S)Cl)c(Br)c1. The van der Waals surface area contributed by atoms with Crippen LogP contribution in [0.3, 0.4) is 0 Å². The van der Waals surface area contributed by atoms with Gasteiger partial charge < -0.3 is 4.74 Å². The summed E-state index contributed by atoms with van der Waals surface area (Å²) in [4.78, 5) is 0. The Hall–Kier alpha value is -0.190. The largest absolute Gasteiger partial charge is 0.435 e. The zero-order chi connectivity index (χ0) is 9.14. The summed E-state index contributed by atoms with van der Waals surface area (Å²) in [6, 6.07) is 3.97. The van der Waals surface area contributed by atoms with Gasteiger partial charge in [0.05, 0.1) is 4.47 Å². The summed E-state index contributed by atoms with van der Waals surface area (Å²) in [6.07, 6.45) is 0. The van der Waals surface area contributed by atoms with Gasteiger partial charge in [-0.25, -0.2) is 4.39 Å². The molecule has 0 bridgehead atoms. The lowest BCUT2D eigenvalue weighted by Crippen LogP contribution is -1.96. The normalized spacial score (nSPS) is 9.58. The number of halogens is 3. The van der Waals surface area contributed by atoms with Crippen molar-refractivity contribution in [2.75, 3.05) is 0 Å². The monoisotopic (exact) mass is 268 g/mol. The van der Waals surface area contributed by atoms with Crippen LogP contribution in [0.25, 0.3) is 0 Å². The highest BCUT2D eigenvalue weighted by atomic mass is 79.9.